The Morgan fingerprint density at radius 2 is 2.36 bits per heavy atom. The van der Waals surface area contributed by atoms with Crippen molar-refractivity contribution < 1.29 is 0 Å². The second kappa shape index (κ2) is 1.99. The third kappa shape index (κ3) is 0.852. The normalized spacial score (nSPS) is 10.6. The maximum Gasteiger partial charge on any atom is 0.124 e. The van der Waals surface area contributed by atoms with E-state index in [2.05, 4.69) is 4.98 Å². The van der Waals surface area contributed by atoms with Gasteiger partial charge in [-0.2, -0.15) is 0 Å². The molecule has 0 atom stereocenters. The first-order valence-electron chi connectivity index (χ1n) is 3.44. The van der Waals surface area contributed by atoms with E-state index < -0.39 is 0 Å². The standard InChI is InChI=1S/C8H9N3/c1-11-3-2-6-4-8(9)10-5-7(6)11/h2-5H,1H3,(H2,9,10). The zero-order valence-electron chi connectivity index (χ0n) is 6.28. The molecule has 0 aliphatic rings. The van der Waals surface area contributed by atoms with Crippen LogP contribution in [0.25, 0.3) is 10.9 Å². The predicted octanol–water partition coefficient (Wildman–Crippen LogP) is 1.16. The van der Waals surface area contributed by atoms with Gasteiger partial charge in [0, 0.05) is 18.6 Å². The van der Waals surface area contributed by atoms with Crippen molar-refractivity contribution in [2.45, 2.75) is 0 Å². The zero-order valence-corrected chi connectivity index (χ0v) is 6.28. The molecule has 0 aliphatic carbocycles. The number of rotatable bonds is 0. The highest BCUT2D eigenvalue weighted by atomic mass is 14.9. The van der Waals surface area contributed by atoms with Gasteiger partial charge in [0.15, 0.2) is 0 Å². The van der Waals surface area contributed by atoms with E-state index >= 15 is 0 Å². The fourth-order valence-corrected chi connectivity index (χ4v) is 1.18. The van der Waals surface area contributed by atoms with Crippen LogP contribution >= 0.6 is 0 Å². The summed E-state index contributed by atoms with van der Waals surface area (Å²) in [4.78, 5) is 4.00. The van der Waals surface area contributed by atoms with Crippen LogP contribution in [-0.4, -0.2) is 9.55 Å². The second-order valence-corrected chi connectivity index (χ2v) is 2.59. The summed E-state index contributed by atoms with van der Waals surface area (Å²) in [5.41, 5.74) is 6.62. The highest BCUT2D eigenvalue weighted by Crippen LogP contribution is 2.14. The molecular weight excluding hydrogens is 138 g/mol. The number of fused-ring (bicyclic) bond motifs is 1. The van der Waals surface area contributed by atoms with E-state index in [0.717, 1.165) is 10.9 Å². The molecule has 2 N–H and O–H groups in total. The molecule has 3 nitrogen and oxygen atoms in total. The first-order valence-corrected chi connectivity index (χ1v) is 3.44. The minimum atomic E-state index is 0.573. The van der Waals surface area contributed by atoms with Gasteiger partial charge in [-0.25, -0.2) is 4.98 Å². The molecule has 0 aliphatic heterocycles. The molecule has 56 valence electrons. The first kappa shape index (κ1) is 6.22. The van der Waals surface area contributed by atoms with Crippen LogP contribution in [0.1, 0.15) is 0 Å². The molecule has 0 aromatic carbocycles. The summed E-state index contributed by atoms with van der Waals surface area (Å²) in [5, 5.41) is 1.14. The highest BCUT2D eigenvalue weighted by Gasteiger charge is 1.96. The maximum atomic E-state index is 5.51. The number of anilines is 1. The smallest absolute Gasteiger partial charge is 0.124 e. The Balaban J connectivity index is 2.86. The van der Waals surface area contributed by atoms with Gasteiger partial charge < -0.3 is 10.3 Å². The number of aromatic nitrogens is 2. The summed E-state index contributed by atoms with van der Waals surface area (Å²) in [7, 11) is 1.99. The number of pyridine rings is 1. The van der Waals surface area contributed by atoms with E-state index in [9.17, 15) is 0 Å². The van der Waals surface area contributed by atoms with Gasteiger partial charge in [0.25, 0.3) is 0 Å². The predicted molar refractivity (Wildman–Crippen MR) is 45.1 cm³/mol. The quantitative estimate of drug-likeness (QED) is 0.607. The van der Waals surface area contributed by atoms with E-state index in [1.807, 2.05) is 29.9 Å². The highest BCUT2D eigenvalue weighted by molar-refractivity contribution is 5.81. The van der Waals surface area contributed by atoms with Crippen molar-refractivity contribution in [2.75, 3.05) is 5.73 Å². The molecule has 0 fully saturated rings. The van der Waals surface area contributed by atoms with Crippen LogP contribution in [0.15, 0.2) is 24.5 Å². The lowest BCUT2D eigenvalue weighted by Gasteiger charge is -1.95. The average Bonchev–Trinajstić information content (AvgIpc) is 2.32. The van der Waals surface area contributed by atoms with Crippen LogP contribution in [0.4, 0.5) is 5.82 Å². The molecular formula is C8H9N3. The topological polar surface area (TPSA) is 43.8 Å². The minimum Gasteiger partial charge on any atom is -0.384 e. The molecule has 0 bridgehead atoms. The Labute approximate surface area is 64.5 Å². The molecule has 2 aromatic heterocycles. The summed E-state index contributed by atoms with van der Waals surface area (Å²) in [6.07, 6.45) is 3.77. The van der Waals surface area contributed by atoms with Crippen molar-refractivity contribution in [3.8, 4) is 0 Å². The Hall–Kier alpha value is -1.51. The van der Waals surface area contributed by atoms with Gasteiger partial charge in [0.05, 0.1) is 11.7 Å². The Kier molecular flexibility index (Phi) is 1.12. The van der Waals surface area contributed by atoms with Crippen LogP contribution in [0, 0.1) is 0 Å². The van der Waals surface area contributed by atoms with Crippen molar-refractivity contribution in [3.63, 3.8) is 0 Å². The van der Waals surface area contributed by atoms with Crippen molar-refractivity contribution in [3.05, 3.63) is 24.5 Å². The Morgan fingerprint density at radius 3 is 3.18 bits per heavy atom. The number of nitrogens with two attached hydrogens (primary N) is 1. The second-order valence-electron chi connectivity index (χ2n) is 2.59. The van der Waals surface area contributed by atoms with Crippen molar-refractivity contribution in [1.29, 1.82) is 0 Å². The van der Waals surface area contributed by atoms with E-state index in [1.54, 1.807) is 6.20 Å². The summed E-state index contributed by atoms with van der Waals surface area (Å²) >= 11 is 0. The molecule has 0 amide bonds. The minimum absolute atomic E-state index is 0.573. The summed E-state index contributed by atoms with van der Waals surface area (Å²) < 4.78 is 2.02. The molecule has 0 radical (unpaired) electrons. The number of nitrogens with zero attached hydrogens (tertiary/aromatic N) is 2. The van der Waals surface area contributed by atoms with Gasteiger partial charge in [-0.15, -0.1) is 0 Å². The Bertz CT molecular complexity index is 389. The van der Waals surface area contributed by atoms with E-state index in [-0.39, 0.29) is 0 Å². The fraction of sp³-hybridized carbons (Fsp3) is 0.125. The Morgan fingerprint density at radius 1 is 1.55 bits per heavy atom. The van der Waals surface area contributed by atoms with Crippen molar-refractivity contribution in [2.24, 2.45) is 7.05 Å². The van der Waals surface area contributed by atoms with E-state index in [1.165, 1.54) is 0 Å². The third-order valence-electron chi connectivity index (χ3n) is 1.79. The monoisotopic (exact) mass is 147 g/mol. The molecule has 0 saturated heterocycles. The number of hydrogen-bond donors (Lipinski definition) is 1. The van der Waals surface area contributed by atoms with Gasteiger partial charge in [-0.3, -0.25) is 0 Å². The lowest BCUT2D eigenvalue weighted by atomic mass is 10.3. The van der Waals surface area contributed by atoms with Crippen molar-refractivity contribution in [1.82, 2.24) is 9.55 Å². The van der Waals surface area contributed by atoms with E-state index in [0.29, 0.717) is 5.82 Å². The summed E-state index contributed by atoms with van der Waals surface area (Å²) in [6.45, 7) is 0. The van der Waals surface area contributed by atoms with Crippen LogP contribution in [0.2, 0.25) is 0 Å². The van der Waals surface area contributed by atoms with Gasteiger partial charge in [-0.1, -0.05) is 0 Å². The van der Waals surface area contributed by atoms with Gasteiger partial charge in [0.1, 0.15) is 5.82 Å². The molecule has 2 aromatic rings. The van der Waals surface area contributed by atoms with Crippen molar-refractivity contribution >= 4 is 16.7 Å². The molecule has 0 spiro atoms. The molecule has 11 heavy (non-hydrogen) atoms. The summed E-state index contributed by atoms with van der Waals surface area (Å²) in [6, 6.07) is 3.89. The van der Waals surface area contributed by atoms with Crippen LogP contribution in [0.3, 0.4) is 0 Å². The molecule has 2 rings (SSSR count). The number of hydrogen-bond acceptors (Lipinski definition) is 2. The SMILES string of the molecule is Cn1ccc2cc(N)ncc21. The fourth-order valence-electron chi connectivity index (χ4n) is 1.18. The lowest BCUT2D eigenvalue weighted by Crippen LogP contribution is -1.90. The first-order chi connectivity index (χ1) is 5.27. The zero-order chi connectivity index (χ0) is 7.84. The number of aryl methyl sites for hydroxylation is 1. The molecule has 0 unspecified atom stereocenters. The molecule has 3 heteroatoms. The van der Waals surface area contributed by atoms with Gasteiger partial charge in [-0.05, 0) is 12.1 Å². The van der Waals surface area contributed by atoms with Crippen LogP contribution in [0.5, 0.6) is 0 Å². The maximum absolute atomic E-state index is 5.51. The average molecular weight is 147 g/mol. The largest absolute Gasteiger partial charge is 0.384 e. The molecule has 2 heterocycles. The van der Waals surface area contributed by atoms with Crippen LogP contribution < -0.4 is 5.73 Å². The third-order valence-corrected chi connectivity index (χ3v) is 1.79. The van der Waals surface area contributed by atoms with Gasteiger partial charge >= 0.3 is 0 Å². The van der Waals surface area contributed by atoms with Gasteiger partial charge in [0.2, 0.25) is 0 Å². The number of nitrogen functional groups attached to an aromatic ring is 1. The molecule has 0 saturated carbocycles. The lowest BCUT2D eigenvalue weighted by molar-refractivity contribution is 0.965. The van der Waals surface area contributed by atoms with Crippen LogP contribution in [-0.2, 0) is 7.05 Å². The summed E-state index contributed by atoms with van der Waals surface area (Å²) in [5.74, 6) is 0.573. The van der Waals surface area contributed by atoms with E-state index in [4.69, 9.17) is 5.73 Å².